The molecule has 56 valence electrons. The monoisotopic (exact) mass is 176 g/mol. The molecule has 3 nitrogen and oxygen atoms in total. The van der Waals surface area contributed by atoms with Gasteiger partial charge in [-0.05, 0) is 11.3 Å². The van der Waals surface area contributed by atoms with E-state index in [1.54, 1.807) is 11.8 Å². The Hall–Kier alpha value is -0.290. The number of nitrogens with zero attached hydrogens (tertiary/aromatic N) is 1. The summed E-state index contributed by atoms with van der Waals surface area (Å²) in [7, 11) is 0. The topological polar surface area (TPSA) is 45.8 Å². The smallest absolute Gasteiger partial charge is 0.255 e. The second-order valence-corrected chi connectivity index (χ2v) is 4.83. The molecule has 0 unspecified atom stereocenters. The number of nitrogens with one attached hydrogen (secondary N) is 1. The molecule has 1 aromatic heterocycles. The van der Waals surface area contributed by atoms with E-state index in [-0.39, 0.29) is 4.87 Å². The fourth-order valence-electron chi connectivity index (χ4n) is 0.468. The Morgan fingerprint density at radius 2 is 2.40 bits per heavy atom. The predicted octanol–water partition coefficient (Wildman–Crippen LogP) is 1.33. The van der Waals surface area contributed by atoms with Gasteiger partial charge in [-0.1, -0.05) is 25.6 Å². The molecular weight excluding hydrogens is 168 g/mol. The highest BCUT2D eigenvalue weighted by Gasteiger charge is 2.01. The molecule has 0 saturated heterocycles. The molecule has 0 bridgehead atoms. The van der Waals surface area contributed by atoms with E-state index in [0.29, 0.717) is 5.25 Å². The highest BCUT2D eigenvalue weighted by molar-refractivity contribution is 8.01. The summed E-state index contributed by atoms with van der Waals surface area (Å²) in [5.41, 5.74) is 0. The number of H-pyrrole nitrogens is 1. The van der Waals surface area contributed by atoms with Gasteiger partial charge in [-0.15, -0.1) is 0 Å². The Morgan fingerprint density at radius 1 is 1.70 bits per heavy atom. The predicted molar refractivity (Wildman–Crippen MR) is 43.7 cm³/mol. The van der Waals surface area contributed by atoms with Gasteiger partial charge in [0, 0.05) is 5.25 Å². The van der Waals surface area contributed by atoms with E-state index in [9.17, 15) is 4.79 Å². The van der Waals surface area contributed by atoms with Crippen LogP contribution in [0.15, 0.2) is 9.13 Å². The van der Waals surface area contributed by atoms with E-state index < -0.39 is 0 Å². The number of thioether (sulfide) groups is 1. The van der Waals surface area contributed by atoms with Crippen molar-refractivity contribution in [1.29, 1.82) is 0 Å². The number of rotatable bonds is 2. The summed E-state index contributed by atoms with van der Waals surface area (Å²) in [4.78, 5) is 10.5. The van der Waals surface area contributed by atoms with Gasteiger partial charge < -0.3 is 0 Å². The van der Waals surface area contributed by atoms with E-state index in [1.807, 2.05) is 0 Å². The van der Waals surface area contributed by atoms with Crippen LogP contribution in [0, 0.1) is 0 Å². The molecule has 0 amide bonds. The maximum atomic E-state index is 10.6. The number of aromatic nitrogens is 2. The lowest BCUT2D eigenvalue weighted by Gasteiger charge is -1.96. The number of hydrogen-bond acceptors (Lipinski definition) is 4. The normalized spacial score (nSPS) is 10.7. The molecular formula is C5H8N2OS2. The molecule has 1 aromatic rings. The van der Waals surface area contributed by atoms with E-state index in [2.05, 4.69) is 24.0 Å². The van der Waals surface area contributed by atoms with Gasteiger partial charge in [0.05, 0.1) is 0 Å². The van der Waals surface area contributed by atoms with Gasteiger partial charge in [-0.25, -0.2) is 5.10 Å². The summed E-state index contributed by atoms with van der Waals surface area (Å²) in [6, 6.07) is 0. The first kappa shape index (κ1) is 7.81. The molecule has 10 heavy (non-hydrogen) atoms. The van der Waals surface area contributed by atoms with Crippen molar-refractivity contribution in [2.45, 2.75) is 23.4 Å². The van der Waals surface area contributed by atoms with Crippen molar-refractivity contribution in [3.8, 4) is 0 Å². The zero-order valence-corrected chi connectivity index (χ0v) is 7.38. The summed E-state index contributed by atoms with van der Waals surface area (Å²) in [6.45, 7) is 4.13. The first-order valence-electron chi connectivity index (χ1n) is 2.90. The maximum absolute atomic E-state index is 10.6. The molecule has 1 rings (SSSR count). The molecule has 1 heterocycles. The maximum Gasteiger partial charge on any atom is 0.323 e. The summed E-state index contributed by atoms with van der Waals surface area (Å²) in [5, 5.41) is 6.65. The van der Waals surface area contributed by atoms with E-state index >= 15 is 0 Å². The van der Waals surface area contributed by atoms with Gasteiger partial charge in [-0.3, -0.25) is 4.79 Å². The molecule has 5 heteroatoms. The summed E-state index contributed by atoms with van der Waals surface area (Å²) in [6.07, 6.45) is 0. The average Bonchev–Trinajstić information content (AvgIpc) is 2.13. The van der Waals surface area contributed by atoms with Crippen LogP contribution in [0.1, 0.15) is 13.8 Å². The van der Waals surface area contributed by atoms with Gasteiger partial charge in [0.2, 0.25) is 0 Å². The van der Waals surface area contributed by atoms with Crippen LogP contribution in [0.2, 0.25) is 0 Å². The molecule has 0 aliphatic heterocycles. The minimum absolute atomic E-state index is 0.0804. The van der Waals surface area contributed by atoms with Crippen molar-refractivity contribution in [1.82, 2.24) is 10.2 Å². The van der Waals surface area contributed by atoms with Crippen LogP contribution in [-0.2, 0) is 0 Å². The minimum atomic E-state index is -0.0804. The van der Waals surface area contributed by atoms with Crippen LogP contribution < -0.4 is 4.87 Å². The lowest BCUT2D eigenvalue weighted by molar-refractivity contribution is 0.981. The zero-order chi connectivity index (χ0) is 7.56. The average molecular weight is 176 g/mol. The molecule has 1 N–H and O–H groups in total. The van der Waals surface area contributed by atoms with E-state index in [0.717, 1.165) is 15.7 Å². The van der Waals surface area contributed by atoms with Crippen LogP contribution in [0.25, 0.3) is 0 Å². The fourth-order valence-corrected chi connectivity index (χ4v) is 2.31. The highest BCUT2D eigenvalue weighted by Crippen LogP contribution is 2.21. The molecule has 0 aliphatic rings. The molecule has 0 aromatic carbocycles. The Morgan fingerprint density at radius 3 is 2.80 bits per heavy atom. The van der Waals surface area contributed by atoms with Gasteiger partial charge >= 0.3 is 4.87 Å². The van der Waals surface area contributed by atoms with Crippen molar-refractivity contribution in [2.24, 2.45) is 0 Å². The Bertz CT molecular complexity index is 252. The molecule has 0 atom stereocenters. The number of aromatic amines is 1. The largest absolute Gasteiger partial charge is 0.323 e. The first-order valence-corrected chi connectivity index (χ1v) is 4.60. The van der Waals surface area contributed by atoms with Crippen molar-refractivity contribution >= 4 is 23.1 Å². The van der Waals surface area contributed by atoms with Crippen LogP contribution in [0.5, 0.6) is 0 Å². The van der Waals surface area contributed by atoms with E-state index in [4.69, 9.17) is 0 Å². The standard InChI is InChI=1S/C5H8N2OS2/c1-3(2)9-5-7-6-4(8)10-5/h3H,1-2H3,(H,6,8). The number of hydrogen-bond donors (Lipinski definition) is 1. The van der Waals surface area contributed by atoms with Gasteiger partial charge in [0.25, 0.3) is 0 Å². The van der Waals surface area contributed by atoms with Crippen LogP contribution in [-0.4, -0.2) is 15.4 Å². The SMILES string of the molecule is CC(C)Sc1n[nH]c(=O)s1. The van der Waals surface area contributed by atoms with Gasteiger partial charge in [0.1, 0.15) is 0 Å². The van der Waals surface area contributed by atoms with Crippen LogP contribution in [0.4, 0.5) is 0 Å². The molecule has 0 spiro atoms. The first-order chi connectivity index (χ1) is 4.68. The van der Waals surface area contributed by atoms with Crippen LogP contribution >= 0.6 is 23.1 Å². The van der Waals surface area contributed by atoms with Gasteiger partial charge in [0.15, 0.2) is 4.34 Å². The van der Waals surface area contributed by atoms with Crippen LogP contribution in [0.3, 0.4) is 0 Å². The fraction of sp³-hybridized carbons (Fsp3) is 0.600. The summed E-state index contributed by atoms with van der Waals surface area (Å²) >= 11 is 2.75. The van der Waals surface area contributed by atoms with Gasteiger partial charge in [-0.2, -0.15) is 5.10 Å². The summed E-state index contributed by atoms with van der Waals surface area (Å²) in [5.74, 6) is 0. The second kappa shape index (κ2) is 3.21. The third-order valence-electron chi connectivity index (χ3n) is 0.755. The quantitative estimate of drug-likeness (QED) is 0.691. The zero-order valence-electron chi connectivity index (χ0n) is 5.75. The van der Waals surface area contributed by atoms with E-state index in [1.165, 1.54) is 0 Å². The van der Waals surface area contributed by atoms with Crippen molar-refractivity contribution in [2.75, 3.05) is 0 Å². The Balaban J connectivity index is 2.67. The molecule has 0 fully saturated rings. The Kier molecular flexibility index (Phi) is 2.50. The second-order valence-electron chi connectivity index (χ2n) is 2.05. The molecule has 0 radical (unpaired) electrons. The lowest BCUT2D eigenvalue weighted by atomic mass is 10.6. The third-order valence-corrected chi connectivity index (χ3v) is 2.60. The highest BCUT2D eigenvalue weighted by atomic mass is 32.2. The lowest BCUT2D eigenvalue weighted by Crippen LogP contribution is -1.90. The molecule has 0 aliphatic carbocycles. The van der Waals surface area contributed by atoms with Crippen molar-refractivity contribution < 1.29 is 0 Å². The third kappa shape index (κ3) is 2.15. The molecule has 0 saturated carbocycles. The minimum Gasteiger partial charge on any atom is -0.255 e. The Labute approximate surface area is 66.9 Å². The van der Waals surface area contributed by atoms with Crippen molar-refractivity contribution in [3.63, 3.8) is 0 Å². The van der Waals surface area contributed by atoms with Crippen molar-refractivity contribution in [3.05, 3.63) is 9.67 Å². The summed E-state index contributed by atoms with van der Waals surface area (Å²) < 4.78 is 0.819.